The number of carbonyl (C=O) groups is 1. The molecule has 1 amide bonds. The Hall–Kier alpha value is -1.73. The molecule has 2 N–H and O–H groups in total. The molecule has 0 aliphatic rings. The van der Waals surface area contributed by atoms with Crippen molar-refractivity contribution in [3.63, 3.8) is 0 Å². The van der Waals surface area contributed by atoms with Crippen LogP contribution < -0.4 is 9.55 Å². The second-order valence-electron chi connectivity index (χ2n) is 4.98. The summed E-state index contributed by atoms with van der Waals surface area (Å²) < 4.78 is 9.89. The molecule has 6 nitrogen and oxygen atoms in total. The summed E-state index contributed by atoms with van der Waals surface area (Å²) in [7, 11) is -0.278. The summed E-state index contributed by atoms with van der Waals surface area (Å²) in [5, 5.41) is 17.3. The Morgan fingerprint density at radius 3 is 2.16 bits per heavy atom. The number of nitrogens with zero attached hydrogens (tertiary/aromatic N) is 1. The van der Waals surface area contributed by atoms with Gasteiger partial charge in [-0.3, -0.25) is 4.90 Å². The largest absolute Gasteiger partial charge is 0.707 e. The average molecular weight is 267 g/mol. The third-order valence-corrected chi connectivity index (χ3v) is 2.13. The number of hydrogen-bond donors (Lipinski definition) is 2. The third-order valence-electron chi connectivity index (χ3n) is 2.13. The topological polar surface area (TPSA) is 79.2 Å². The van der Waals surface area contributed by atoms with Crippen LogP contribution in [0.15, 0.2) is 24.3 Å². The highest BCUT2D eigenvalue weighted by atomic mass is 16.6. The quantitative estimate of drug-likeness (QED) is 0.809. The van der Waals surface area contributed by atoms with Gasteiger partial charge in [0, 0.05) is 12.7 Å². The molecule has 0 bridgehead atoms. The van der Waals surface area contributed by atoms with E-state index in [1.165, 1.54) is 17.0 Å². The van der Waals surface area contributed by atoms with Gasteiger partial charge in [0.1, 0.15) is 11.4 Å². The highest BCUT2D eigenvalue weighted by molar-refractivity contribution is 6.33. The lowest BCUT2D eigenvalue weighted by atomic mass is 10.2. The predicted octanol–water partition coefficient (Wildman–Crippen LogP) is 1.41. The van der Waals surface area contributed by atoms with Crippen molar-refractivity contribution in [3.8, 4) is 5.75 Å². The van der Waals surface area contributed by atoms with Gasteiger partial charge in [-0.2, -0.15) is 0 Å². The molecule has 0 aromatic heterocycles. The molecule has 1 rings (SSSR count). The summed E-state index contributed by atoms with van der Waals surface area (Å²) in [5.41, 5.74) is 0.0455. The second-order valence-corrected chi connectivity index (χ2v) is 4.98. The van der Waals surface area contributed by atoms with Gasteiger partial charge in [-0.05, 0) is 45.0 Å². The Kier molecular flexibility index (Phi) is 4.80. The number of benzene rings is 1. The first-order valence-electron chi connectivity index (χ1n) is 5.78. The van der Waals surface area contributed by atoms with Crippen molar-refractivity contribution in [2.24, 2.45) is 0 Å². The Morgan fingerprint density at radius 2 is 1.74 bits per heavy atom. The van der Waals surface area contributed by atoms with Crippen LogP contribution in [0.3, 0.4) is 0 Å². The monoisotopic (exact) mass is 267 g/mol. The molecule has 0 heterocycles. The Bertz CT molecular complexity index is 427. The van der Waals surface area contributed by atoms with Gasteiger partial charge in [0.15, 0.2) is 0 Å². The van der Waals surface area contributed by atoms with Gasteiger partial charge in [0.2, 0.25) is 0 Å². The molecule has 1 aromatic rings. The molecule has 0 radical (unpaired) electrons. The van der Waals surface area contributed by atoms with Gasteiger partial charge in [0.05, 0.1) is 0 Å². The van der Waals surface area contributed by atoms with Crippen LogP contribution in [0.1, 0.15) is 20.8 Å². The molecule has 0 spiro atoms. The van der Waals surface area contributed by atoms with Crippen LogP contribution in [0, 0.1) is 0 Å². The minimum absolute atomic E-state index is 0.288. The van der Waals surface area contributed by atoms with E-state index < -0.39 is 19.0 Å². The molecule has 19 heavy (non-hydrogen) atoms. The lowest BCUT2D eigenvalue weighted by Crippen LogP contribution is -2.34. The number of amides is 1. The van der Waals surface area contributed by atoms with E-state index in [2.05, 4.69) is 4.65 Å². The minimum Gasteiger partial charge on any atom is -0.512 e. The minimum atomic E-state index is -1.87. The Labute approximate surface area is 112 Å². The summed E-state index contributed by atoms with van der Waals surface area (Å²) in [4.78, 5) is 13.2. The van der Waals surface area contributed by atoms with Gasteiger partial charge in [0.25, 0.3) is 0 Å². The molecule has 0 saturated carbocycles. The van der Waals surface area contributed by atoms with Crippen molar-refractivity contribution in [1.29, 1.82) is 0 Å². The van der Waals surface area contributed by atoms with E-state index in [0.29, 0.717) is 5.69 Å². The molecule has 7 heteroatoms. The van der Waals surface area contributed by atoms with E-state index in [9.17, 15) is 4.79 Å². The van der Waals surface area contributed by atoms with Crippen LogP contribution in [-0.2, 0) is 4.74 Å². The maximum Gasteiger partial charge on any atom is 0.707 e. The second kappa shape index (κ2) is 5.94. The molecule has 1 aromatic carbocycles. The molecule has 0 unspecified atom stereocenters. The van der Waals surface area contributed by atoms with E-state index >= 15 is 0 Å². The SMILES string of the molecule is CN(C(=O)OC(C)(C)C)c1ccc(OB(O)O)cc1. The van der Waals surface area contributed by atoms with Crippen molar-refractivity contribution in [1.82, 2.24) is 0 Å². The first kappa shape index (κ1) is 15.3. The van der Waals surface area contributed by atoms with E-state index in [1.807, 2.05) is 0 Å². The van der Waals surface area contributed by atoms with Gasteiger partial charge >= 0.3 is 13.4 Å². The van der Waals surface area contributed by atoms with Crippen LogP contribution in [-0.4, -0.2) is 36.1 Å². The zero-order valence-corrected chi connectivity index (χ0v) is 11.5. The average Bonchev–Trinajstić information content (AvgIpc) is 2.26. The van der Waals surface area contributed by atoms with Crippen LogP contribution in [0.25, 0.3) is 0 Å². The smallest absolute Gasteiger partial charge is 0.512 e. The van der Waals surface area contributed by atoms with E-state index in [4.69, 9.17) is 14.8 Å². The number of hydrogen-bond acceptors (Lipinski definition) is 5. The summed E-state index contributed by atoms with van der Waals surface area (Å²) in [5.74, 6) is 0.288. The predicted molar refractivity (Wildman–Crippen MR) is 71.9 cm³/mol. The molecule has 0 aliphatic carbocycles. The number of anilines is 1. The lowest BCUT2D eigenvalue weighted by Gasteiger charge is -2.24. The standard InChI is InChI=1S/C12H18BNO5/c1-12(2,3)18-11(15)14(4)9-5-7-10(8-6-9)19-13(16)17/h5-8,16-17H,1-4H3. The molecule has 0 fully saturated rings. The van der Waals surface area contributed by atoms with E-state index in [1.54, 1.807) is 40.0 Å². The van der Waals surface area contributed by atoms with E-state index in [-0.39, 0.29) is 5.75 Å². The number of ether oxygens (including phenoxy) is 1. The first-order chi connectivity index (χ1) is 8.69. The maximum atomic E-state index is 11.8. The van der Waals surface area contributed by atoms with Crippen molar-refractivity contribution in [2.45, 2.75) is 26.4 Å². The summed E-state index contributed by atoms with van der Waals surface area (Å²) in [6.45, 7) is 5.37. The van der Waals surface area contributed by atoms with Gasteiger partial charge < -0.3 is 19.4 Å². The highest BCUT2D eigenvalue weighted by Gasteiger charge is 2.20. The number of carbonyl (C=O) groups excluding carboxylic acids is 1. The molecule has 0 saturated heterocycles. The fourth-order valence-electron chi connectivity index (χ4n) is 1.31. The fraction of sp³-hybridized carbons (Fsp3) is 0.417. The van der Waals surface area contributed by atoms with Gasteiger partial charge in [-0.1, -0.05) is 0 Å². The Balaban J connectivity index is 2.72. The third kappa shape index (κ3) is 5.19. The van der Waals surface area contributed by atoms with Crippen LogP contribution in [0.4, 0.5) is 10.5 Å². The molecule has 0 aliphatic heterocycles. The normalized spacial score (nSPS) is 10.8. The molecule has 0 atom stereocenters. The van der Waals surface area contributed by atoms with Crippen molar-refractivity contribution >= 4 is 19.1 Å². The summed E-state index contributed by atoms with van der Waals surface area (Å²) in [6, 6.07) is 6.27. The molecule has 104 valence electrons. The zero-order chi connectivity index (χ0) is 14.6. The number of rotatable bonds is 3. The summed E-state index contributed by atoms with van der Waals surface area (Å²) in [6.07, 6.45) is -0.469. The van der Waals surface area contributed by atoms with Crippen LogP contribution in [0.5, 0.6) is 5.75 Å². The Morgan fingerprint density at radius 1 is 1.21 bits per heavy atom. The van der Waals surface area contributed by atoms with Gasteiger partial charge in [-0.25, -0.2) is 4.79 Å². The molecular formula is C12H18BNO5. The lowest BCUT2D eigenvalue weighted by molar-refractivity contribution is 0.0589. The fourth-order valence-corrected chi connectivity index (χ4v) is 1.31. The molecular weight excluding hydrogens is 249 g/mol. The zero-order valence-electron chi connectivity index (χ0n) is 11.5. The summed E-state index contributed by atoms with van der Waals surface area (Å²) >= 11 is 0. The van der Waals surface area contributed by atoms with Gasteiger partial charge in [-0.15, -0.1) is 0 Å². The van der Waals surface area contributed by atoms with Crippen LogP contribution >= 0.6 is 0 Å². The van der Waals surface area contributed by atoms with E-state index in [0.717, 1.165) is 0 Å². The van der Waals surface area contributed by atoms with Crippen molar-refractivity contribution in [2.75, 3.05) is 11.9 Å². The first-order valence-corrected chi connectivity index (χ1v) is 5.78. The van der Waals surface area contributed by atoms with Crippen molar-refractivity contribution in [3.05, 3.63) is 24.3 Å². The highest BCUT2D eigenvalue weighted by Crippen LogP contribution is 2.20. The van der Waals surface area contributed by atoms with Crippen molar-refractivity contribution < 1.29 is 24.2 Å². The maximum absolute atomic E-state index is 11.8. The van der Waals surface area contributed by atoms with Crippen LogP contribution in [0.2, 0.25) is 0 Å².